The molecule has 2 spiro atoms. The fourth-order valence-corrected chi connectivity index (χ4v) is 13.1. The maximum Gasteiger partial charge on any atom is 0.164 e. The molecule has 0 amide bonds. The third-order valence-electron chi connectivity index (χ3n) is 16.3. The molecule has 7 aromatic carbocycles. The molecule has 66 heavy (non-hydrogen) atoms. The Hall–Kier alpha value is -6.97. The van der Waals surface area contributed by atoms with Crippen molar-refractivity contribution in [2.24, 2.45) is 5.92 Å². The molecule has 0 bridgehead atoms. The molecule has 0 saturated heterocycles. The van der Waals surface area contributed by atoms with E-state index in [1.807, 2.05) is 24.3 Å². The van der Waals surface area contributed by atoms with E-state index in [1.165, 1.54) is 104 Å². The van der Waals surface area contributed by atoms with Crippen LogP contribution in [0.1, 0.15) is 92.9 Å². The van der Waals surface area contributed by atoms with E-state index in [1.54, 1.807) is 33.4 Å². The van der Waals surface area contributed by atoms with Gasteiger partial charge in [-0.05, 0) is 116 Å². The first kappa shape index (κ1) is 39.4. The van der Waals surface area contributed by atoms with Crippen LogP contribution in [-0.4, -0.2) is 15.0 Å². The molecular formula is C63H53N3. The number of fused-ring (bicyclic) bond motifs is 9. The van der Waals surface area contributed by atoms with Gasteiger partial charge in [0.15, 0.2) is 17.5 Å². The number of hydrogen-bond donors (Lipinski definition) is 0. The molecule has 320 valence electrons. The van der Waals surface area contributed by atoms with Crippen molar-refractivity contribution in [3.8, 4) is 67.5 Å². The highest BCUT2D eigenvalue weighted by atomic mass is 15.0. The number of benzene rings is 7. The normalized spacial score (nSPS) is 18.7. The summed E-state index contributed by atoms with van der Waals surface area (Å²) in [7, 11) is 0. The summed E-state index contributed by atoms with van der Waals surface area (Å²) < 4.78 is 0. The monoisotopic (exact) mass is 851 g/mol. The molecule has 1 unspecified atom stereocenters. The Bertz CT molecular complexity index is 3180. The van der Waals surface area contributed by atoms with E-state index >= 15 is 0 Å². The van der Waals surface area contributed by atoms with E-state index in [-0.39, 0.29) is 10.8 Å². The van der Waals surface area contributed by atoms with Crippen LogP contribution in [0, 0.1) is 5.92 Å². The fourth-order valence-electron chi connectivity index (χ4n) is 13.1. The Morgan fingerprint density at radius 1 is 0.364 bits per heavy atom. The minimum Gasteiger partial charge on any atom is -0.208 e. The van der Waals surface area contributed by atoms with Gasteiger partial charge < -0.3 is 0 Å². The van der Waals surface area contributed by atoms with Gasteiger partial charge in [0.2, 0.25) is 0 Å². The average molecular weight is 852 g/mol. The molecule has 3 heteroatoms. The lowest BCUT2D eigenvalue weighted by Crippen LogP contribution is -2.35. The molecule has 0 radical (unpaired) electrons. The largest absolute Gasteiger partial charge is 0.208 e. The van der Waals surface area contributed by atoms with Gasteiger partial charge >= 0.3 is 0 Å². The number of nitrogens with zero attached hydrogens (tertiary/aromatic N) is 3. The minimum absolute atomic E-state index is 0.200. The lowest BCUT2D eigenvalue weighted by atomic mass is 9.61. The van der Waals surface area contributed by atoms with E-state index in [0.29, 0.717) is 23.4 Å². The zero-order valence-corrected chi connectivity index (χ0v) is 37.5. The second kappa shape index (κ2) is 15.9. The van der Waals surface area contributed by atoms with Crippen LogP contribution in [0.15, 0.2) is 188 Å². The topological polar surface area (TPSA) is 38.7 Å². The highest BCUT2D eigenvalue weighted by Gasteiger charge is 2.54. The molecule has 1 heterocycles. The van der Waals surface area contributed by atoms with E-state index in [2.05, 4.69) is 158 Å². The van der Waals surface area contributed by atoms with Gasteiger partial charge in [0.1, 0.15) is 0 Å². The van der Waals surface area contributed by atoms with Crippen molar-refractivity contribution < 1.29 is 0 Å². The minimum atomic E-state index is 0.200. The first-order chi connectivity index (χ1) is 32.6. The molecule has 5 aliphatic carbocycles. The Kier molecular flexibility index (Phi) is 9.48. The van der Waals surface area contributed by atoms with Crippen LogP contribution in [-0.2, 0) is 10.8 Å². The van der Waals surface area contributed by atoms with Crippen molar-refractivity contribution >= 4 is 11.1 Å². The van der Waals surface area contributed by atoms with Crippen molar-refractivity contribution in [3.63, 3.8) is 0 Å². The Morgan fingerprint density at radius 3 is 1.38 bits per heavy atom. The molecule has 1 aromatic heterocycles. The third-order valence-corrected chi connectivity index (χ3v) is 16.3. The van der Waals surface area contributed by atoms with Gasteiger partial charge in [-0.3, -0.25) is 0 Å². The average Bonchev–Trinajstić information content (AvgIpc) is 3.80. The van der Waals surface area contributed by atoms with Crippen LogP contribution in [0.25, 0.3) is 78.7 Å². The lowest BCUT2D eigenvalue weighted by molar-refractivity contribution is 0.242. The summed E-state index contributed by atoms with van der Waals surface area (Å²) in [5, 5.41) is 0. The highest BCUT2D eigenvalue weighted by Crippen LogP contribution is 2.66. The smallest absolute Gasteiger partial charge is 0.164 e. The Morgan fingerprint density at radius 2 is 0.803 bits per heavy atom. The molecule has 13 rings (SSSR count). The van der Waals surface area contributed by atoms with Crippen molar-refractivity contribution in [1.29, 1.82) is 0 Å². The predicted octanol–water partition coefficient (Wildman–Crippen LogP) is 16.2. The van der Waals surface area contributed by atoms with Crippen LogP contribution in [0.3, 0.4) is 0 Å². The van der Waals surface area contributed by atoms with Gasteiger partial charge in [-0.25, -0.2) is 15.0 Å². The van der Waals surface area contributed by atoms with Crippen molar-refractivity contribution in [2.75, 3.05) is 0 Å². The van der Waals surface area contributed by atoms with Crippen LogP contribution >= 0.6 is 0 Å². The highest BCUT2D eigenvalue weighted by molar-refractivity contribution is 5.93. The fraction of sp³-hybridized carbons (Fsp3) is 0.222. The molecule has 0 aliphatic heterocycles. The zero-order valence-electron chi connectivity index (χ0n) is 37.5. The van der Waals surface area contributed by atoms with E-state index in [4.69, 9.17) is 15.0 Å². The maximum atomic E-state index is 5.05. The number of allylic oxidation sites excluding steroid dienone is 4. The van der Waals surface area contributed by atoms with Gasteiger partial charge in [0, 0.05) is 27.5 Å². The van der Waals surface area contributed by atoms with Crippen LogP contribution in [0.5, 0.6) is 0 Å². The summed E-state index contributed by atoms with van der Waals surface area (Å²) in [6.07, 6.45) is 17.3. The van der Waals surface area contributed by atoms with Crippen molar-refractivity contribution in [3.05, 3.63) is 210 Å². The number of rotatable bonds is 6. The second-order valence-corrected chi connectivity index (χ2v) is 19.7. The zero-order chi connectivity index (χ0) is 43.7. The molecule has 8 aromatic rings. The van der Waals surface area contributed by atoms with Crippen molar-refractivity contribution in [2.45, 2.75) is 81.5 Å². The van der Waals surface area contributed by atoms with Gasteiger partial charge in [0.05, 0.1) is 0 Å². The SMILES string of the molecule is C1=C2c3cc(-c4ccc(-c5ccc(-c6nc(-c7ccccc7)nc(-c7ccc(-c8ccccc8)cc7)n6)cc5)cc4)ccc3C3(CCCCC3)C2CC2=C1C1(CCCCC1)c1ccccc12. The van der Waals surface area contributed by atoms with Gasteiger partial charge in [-0.1, -0.05) is 214 Å². The molecule has 2 saturated carbocycles. The van der Waals surface area contributed by atoms with Gasteiger partial charge in [-0.2, -0.15) is 0 Å². The molecule has 1 atom stereocenters. The number of aromatic nitrogens is 3. The maximum absolute atomic E-state index is 5.05. The van der Waals surface area contributed by atoms with Gasteiger partial charge in [-0.15, -0.1) is 0 Å². The summed E-state index contributed by atoms with van der Waals surface area (Å²) >= 11 is 0. The van der Waals surface area contributed by atoms with Gasteiger partial charge in [0.25, 0.3) is 0 Å². The molecular weight excluding hydrogens is 799 g/mol. The number of hydrogen-bond acceptors (Lipinski definition) is 3. The molecule has 0 N–H and O–H groups in total. The Labute approximate surface area is 389 Å². The summed E-state index contributed by atoms with van der Waals surface area (Å²) in [6.45, 7) is 0. The van der Waals surface area contributed by atoms with Crippen LogP contribution < -0.4 is 0 Å². The van der Waals surface area contributed by atoms with Crippen molar-refractivity contribution in [1.82, 2.24) is 15.0 Å². The summed E-state index contributed by atoms with van der Waals surface area (Å²) in [5.41, 5.74) is 22.0. The molecule has 3 nitrogen and oxygen atoms in total. The van der Waals surface area contributed by atoms with E-state index < -0.39 is 0 Å². The first-order valence-corrected chi connectivity index (χ1v) is 24.5. The quantitative estimate of drug-likeness (QED) is 0.167. The van der Waals surface area contributed by atoms with Crippen LogP contribution in [0.2, 0.25) is 0 Å². The lowest BCUT2D eigenvalue weighted by Gasteiger charge is -2.43. The summed E-state index contributed by atoms with van der Waals surface area (Å²) in [4.78, 5) is 15.0. The van der Waals surface area contributed by atoms with E-state index in [0.717, 1.165) is 22.3 Å². The Balaban J connectivity index is 0.811. The standard InChI is InChI=1S/C63H53N3/c1-5-15-42(16-6-1)43-25-29-48(30-26-43)60-64-59(47-17-7-2-8-18-47)65-61(66-60)49-31-27-45(28-32-49)44-21-23-46(24-22-44)50-33-34-56-52(39-50)54-41-57-53(40-58(54)63(56)37-13-4-14-38-63)51-19-9-10-20-55(51)62(57)35-11-3-12-36-62/h1-2,5-10,15-34,39,41,58H,3-4,11-14,35-38,40H2. The summed E-state index contributed by atoms with van der Waals surface area (Å²) in [5.74, 6) is 2.55. The second-order valence-electron chi connectivity index (χ2n) is 19.7. The third kappa shape index (κ3) is 6.42. The summed E-state index contributed by atoms with van der Waals surface area (Å²) in [6, 6.07) is 64.1. The predicted molar refractivity (Wildman–Crippen MR) is 271 cm³/mol. The molecule has 2 fully saturated rings. The van der Waals surface area contributed by atoms with E-state index in [9.17, 15) is 0 Å². The first-order valence-electron chi connectivity index (χ1n) is 24.5. The van der Waals surface area contributed by atoms with Crippen LogP contribution in [0.4, 0.5) is 0 Å². The molecule has 5 aliphatic rings.